The smallest absolute Gasteiger partial charge is 0.226 e. The number of para-hydroxylation sites is 1. The van der Waals surface area contributed by atoms with E-state index < -0.39 is 0 Å². The standard InChI is InChI=1S/C19H19N3O3S/c1-24-16-7-3-6-13(18(16)25-2)14-9-17(23)21-19-15(14)10-20-22(19)11-12-5-4-8-26-12/h3-8,10,14H,9,11H2,1-2H3,(H,21,23)/t14-/m1/s1. The Balaban J connectivity index is 1.77. The number of fused-ring (bicyclic) bond motifs is 1. The van der Waals surface area contributed by atoms with E-state index in [-0.39, 0.29) is 11.8 Å². The van der Waals surface area contributed by atoms with E-state index in [2.05, 4.69) is 16.5 Å². The first-order valence-corrected chi connectivity index (χ1v) is 9.18. The van der Waals surface area contributed by atoms with Crippen molar-refractivity contribution in [2.75, 3.05) is 19.5 Å². The molecule has 0 bridgehead atoms. The summed E-state index contributed by atoms with van der Waals surface area (Å²) < 4.78 is 12.8. The second-order valence-electron chi connectivity index (χ2n) is 6.07. The number of hydrogen-bond acceptors (Lipinski definition) is 5. The molecule has 0 aliphatic carbocycles. The molecule has 0 radical (unpaired) electrons. The number of amides is 1. The van der Waals surface area contributed by atoms with Gasteiger partial charge >= 0.3 is 0 Å². The molecule has 26 heavy (non-hydrogen) atoms. The van der Waals surface area contributed by atoms with E-state index in [1.807, 2.05) is 40.5 Å². The highest BCUT2D eigenvalue weighted by Gasteiger charge is 2.32. The molecule has 3 aromatic rings. The van der Waals surface area contributed by atoms with Crippen LogP contribution in [-0.4, -0.2) is 29.9 Å². The summed E-state index contributed by atoms with van der Waals surface area (Å²) in [7, 11) is 3.23. The van der Waals surface area contributed by atoms with Crippen LogP contribution >= 0.6 is 11.3 Å². The average Bonchev–Trinajstić information content (AvgIpc) is 3.31. The second-order valence-corrected chi connectivity index (χ2v) is 7.11. The topological polar surface area (TPSA) is 65.4 Å². The fourth-order valence-corrected chi connectivity index (χ4v) is 4.09. The first-order valence-electron chi connectivity index (χ1n) is 8.30. The molecule has 0 unspecified atom stereocenters. The van der Waals surface area contributed by atoms with Crippen molar-refractivity contribution in [1.29, 1.82) is 0 Å². The Bertz CT molecular complexity index is 934. The van der Waals surface area contributed by atoms with Crippen molar-refractivity contribution in [1.82, 2.24) is 9.78 Å². The molecule has 1 aliphatic heterocycles. The Morgan fingerprint density at radius 1 is 1.23 bits per heavy atom. The fourth-order valence-electron chi connectivity index (χ4n) is 3.40. The van der Waals surface area contributed by atoms with E-state index in [0.29, 0.717) is 24.5 Å². The minimum Gasteiger partial charge on any atom is -0.493 e. The number of rotatable bonds is 5. The Labute approximate surface area is 155 Å². The van der Waals surface area contributed by atoms with Crippen LogP contribution in [0.15, 0.2) is 41.9 Å². The lowest BCUT2D eigenvalue weighted by Crippen LogP contribution is -2.25. The van der Waals surface area contributed by atoms with Gasteiger partial charge in [0.25, 0.3) is 0 Å². The zero-order valence-electron chi connectivity index (χ0n) is 14.6. The van der Waals surface area contributed by atoms with Crippen LogP contribution < -0.4 is 14.8 Å². The first kappa shape index (κ1) is 16.7. The molecular formula is C19H19N3O3S. The molecule has 1 amide bonds. The molecule has 3 heterocycles. The molecule has 1 N–H and O–H groups in total. The van der Waals surface area contributed by atoms with E-state index in [4.69, 9.17) is 9.47 Å². The van der Waals surface area contributed by atoms with Gasteiger partial charge in [-0.25, -0.2) is 4.68 Å². The van der Waals surface area contributed by atoms with Crippen LogP contribution in [0.4, 0.5) is 5.82 Å². The maximum absolute atomic E-state index is 12.4. The van der Waals surface area contributed by atoms with Crippen LogP contribution in [0.5, 0.6) is 11.5 Å². The molecule has 2 aromatic heterocycles. The molecule has 0 saturated heterocycles. The molecule has 1 atom stereocenters. The number of thiophene rings is 1. The minimum absolute atomic E-state index is 0.0275. The number of carbonyl (C=O) groups excluding carboxylic acids is 1. The number of ether oxygens (including phenoxy) is 2. The average molecular weight is 369 g/mol. The number of nitrogens with one attached hydrogen (secondary N) is 1. The van der Waals surface area contributed by atoms with Gasteiger partial charge in [0.1, 0.15) is 5.82 Å². The van der Waals surface area contributed by atoms with Gasteiger partial charge < -0.3 is 14.8 Å². The summed E-state index contributed by atoms with van der Waals surface area (Å²) in [5.74, 6) is 1.92. The van der Waals surface area contributed by atoms with Crippen molar-refractivity contribution >= 4 is 23.1 Å². The second kappa shape index (κ2) is 6.84. The normalized spacial score (nSPS) is 16.1. The van der Waals surface area contributed by atoms with Gasteiger partial charge in [0.05, 0.1) is 27.0 Å². The van der Waals surface area contributed by atoms with Gasteiger partial charge in [0.15, 0.2) is 11.5 Å². The molecule has 6 nitrogen and oxygen atoms in total. The molecule has 4 rings (SSSR count). The number of anilines is 1. The maximum atomic E-state index is 12.4. The summed E-state index contributed by atoms with van der Waals surface area (Å²) in [6, 6.07) is 9.82. The molecular weight excluding hydrogens is 350 g/mol. The van der Waals surface area contributed by atoms with E-state index in [1.54, 1.807) is 25.6 Å². The number of carbonyl (C=O) groups is 1. The zero-order chi connectivity index (χ0) is 18.1. The quantitative estimate of drug-likeness (QED) is 0.748. The third-order valence-electron chi connectivity index (χ3n) is 4.59. The van der Waals surface area contributed by atoms with Crippen molar-refractivity contribution in [3.05, 3.63) is 57.9 Å². The summed E-state index contributed by atoms with van der Waals surface area (Å²) in [4.78, 5) is 13.6. The van der Waals surface area contributed by atoms with Crippen LogP contribution in [0.3, 0.4) is 0 Å². The molecule has 7 heteroatoms. The lowest BCUT2D eigenvalue weighted by molar-refractivity contribution is -0.116. The highest BCUT2D eigenvalue weighted by Crippen LogP contribution is 2.43. The van der Waals surface area contributed by atoms with E-state index in [9.17, 15) is 4.79 Å². The summed E-state index contributed by atoms with van der Waals surface area (Å²) in [6.07, 6.45) is 2.19. The molecule has 0 spiro atoms. The number of methoxy groups -OCH3 is 2. The Morgan fingerprint density at radius 2 is 2.12 bits per heavy atom. The van der Waals surface area contributed by atoms with Crippen molar-refractivity contribution in [2.24, 2.45) is 0 Å². The lowest BCUT2D eigenvalue weighted by Gasteiger charge is -2.25. The van der Waals surface area contributed by atoms with Crippen molar-refractivity contribution in [3.8, 4) is 11.5 Å². The first-order chi connectivity index (χ1) is 12.7. The SMILES string of the molecule is COc1cccc([C@H]2CC(=O)Nc3c2cnn3Cc2cccs2)c1OC. The molecule has 134 valence electrons. The number of hydrogen-bond donors (Lipinski definition) is 1. The highest BCUT2D eigenvalue weighted by atomic mass is 32.1. The molecule has 0 saturated carbocycles. The van der Waals surface area contributed by atoms with Gasteiger partial charge in [-0.1, -0.05) is 18.2 Å². The predicted molar refractivity (Wildman–Crippen MR) is 100 cm³/mol. The van der Waals surface area contributed by atoms with Crippen LogP contribution in [0, 0.1) is 0 Å². The number of nitrogens with zero attached hydrogens (tertiary/aromatic N) is 2. The third-order valence-corrected chi connectivity index (χ3v) is 5.45. The number of benzene rings is 1. The van der Waals surface area contributed by atoms with Gasteiger partial charge in [0.2, 0.25) is 5.91 Å². The zero-order valence-corrected chi connectivity index (χ0v) is 15.4. The number of aromatic nitrogens is 2. The molecule has 0 fully saturated rings. The fraction of sp³-hybridized carbons (Fsp3) is 0.263. The van der Waals surface area contributed by atoms with Gasteiger partial charge in [0, 0.05) is 28.3 Å². The monoisotopic (exact) mass is 369 g/mol. The highest BCUT2D eigenvalue weighted by molar-refractivity contribution is 7.09. The largest absolute Gasteiger partial charge is 0.493 e. The lowest BCUT2D eigenvalue weighted by atomic mass is 9.86. The van der Waals surface area contributed by atoms with E-state index in [1.165, 1.54) is 4.88 Å². The van der Waals surface area contributed by atoms with Gasteiger partial charge in [-0.2, -0.15) is 5.10 Å². The summed E-state index contributed by atoms with van der Waals surface area (Å²) >= 11 is 1.67. The van der Waals surface area contributed by atoms with Crippen molar-refractivity contribution in [2.45, 2.75) is 18.9 Å². The van der Waals surface area contributed by atoms with Crippen LogP contribution in [0.25, 0.3) is 0 Å². The van der Waals surface area contributed by atoms with Crippen LogP contribution in [0.1, 0.15) is 28.3 Å². The van der Waals surface area contributed by atoms with Gasteiger partial charge in [-0.15, -0.1) is 11.3 Å². The predicted octanol–water partition coefficient (Wildman–Crippen LogP) is 3.48. The van der Waals surface area contributed by atoms with Crippen LogP contribution in [-0.2, 0) is 11.3 Å². The third kappa shape index (κ3) is 2.84. The van der Waals surface area contributed by atoms with E-state index in [0.717, 1.165) is 16.9 Å². The molecule has 1 aromatic carbocycles. The Kier molecular flexibility index (Phi) is 4.38. The Morgan fingerprint density at radius 3 is 2.85 bits per heavy atom. The van der Waals surface area contributed by atoms with Gasteiger partial charge in [-0.3, -0.25) is 4.79 Å². The van der Waals surface area contributed by atoms with Crippen molar-refractivity contribution in [3.63, 3.8) is 0 Å². The maximum Gasteiger partial charge on any atom is 0.226 e. The summed E-state index contributed by atoms with van der Waals surface area (Å²) in [5.41, 5.74) is 1.92. The summed E-state index contributed by atoms with van der Waals surface area (Å²) in [5, 5.41) is 9.53. The summed E-state index contributed by atoms with van der Waals surface area (Å²) in [6.45, 7) is 0.634. The van der Waals surface area contributed by atoms with E-state index >= 15 is 0 Å². The Hall–Kier alpha value is -2.80. The van der Waals surface area contributed by atoms with Crippen LogP contribution in [0.2, 0.25) is 0 Å². The van der Waals surface area contributed by atoms with Crippen molar-refractivity contribution < 1.29 is 14.3 Å². The minimum atomic E-state index is -0.124. The molecule has 1 aliphatic rings. The van der Waals surface area contributed by atoms with Gasteiger partial charge in [-0.05, 0) is 17.5 Å².